The van der Waals surface area contributed by atoms with E-state index in [4.69, 9.17) is 4.74 Å². The lowest BCUT2D eigenvalue weighted by Crippen LogP contribution is -2.30. The summed E-state index contributed by atoms with van der Waals surface area (Å²) in [5, 5.41) is 2.16. The highest BCUT2D eigenvalue weighted by Gasteiger charge is 2.30. The van der Waals surface area contributed by atoms with E-state index in [-0.39, 0.29) is 5.69 Å². The van der Waals surface area contributed by atoms with Crippen LogP contribution in [0.5, 0.6) is 0 Å². The lowest BCUT2D eigenvalue weighted by molar-refractivity contribution is -0.137. The molecule has 1 atom stereocenters. The average molecular weight is 373 g/mol. The van der Waals surface area contributed by atoms with Gasteiger partial charge < -0.3 is 10.1 Å². The minimum absolute atomic E-state index is 0.152. The summed E-state index contributed by atoms with van der Waals surface area (Å²) in [5.41, 5.74) is -1.70. The van der Waals surface area contributed by atoms with Crippen LogP contribution in [0.3, 0.4) is 0 Å². The Morgan fingerprint density at radius 1 is 1.08 bits per heavy atom. The molecule has 26 heavy (non-hydrogen) atoms. The van der Waals surface area contributed by atoms with E-state index >= 15 is 0 Å². The predicted octanol–water partition coefficient (Wildman–Crippen LogP) is 4.17. The van der Waals surface area contributed by atoms with Crippen molar-refractivity contribution in [3.8, 4) is 0 Å². The Kier molecular flexibility index (Phi) is 5.59. The molecular formula is C17H12F5NO3. The van der Waals surface area contributed by atoms with Gasteiger partial charge in [-0.3, -0.25) is 4.79 Å². The number of halogens is 5. The highest BCUT2D eigenvalue weighted by atomic mass is 19.4. The van der Waals surface area contributed by atoms with Gasteiger partial charge in [0.1, 0.15) is 11.6 Å². The van der Waals surface area contributed by atoms with Gasteiger partial charge >= 0.3 is 12.1 Å². The molecule has 9 heteroatoms. The number of nitrogens with one attached hydrogen (secondary N) is 1. The van der Waals surface area contributed by atoms with Gasteiger partial charge in [-0.2, -0.15) is 13.2 Å². The zero-order valence-corrected chi connectivity index (χ0v) is 13.2. The van der Waals surface area contributed by atoms with Crippen LogP contribution in [-0.2, 0) is 15.7 Å². The second-order valence-electron chi connectivity index (χ2n) is 5.24. The van der Waals surface area contributed by atoms with E-state index in [1.807, 2.05) is 0 Å². The van der Waals surface area contributed by atoms with Crippen LogP contribution < -0.4 is 5.32 Å². The Labute approximate surface area is 144 Å². The van der Waals surface area contributed by atoms with E-state index in [1.54, 1.807) is 0 Å². The van der Waals surface area contributed by atoms with Gasteiger partial charge in [-0.25, -0.2) is 13.6 Å². The molecule has 1 unspecified atom stereocenters. The normalized spacial score (nSPS) is 12.4. The van der Waals surface area contributed by atoms with Gasteiger partial charge in [0.05, 0.1) is 11.1 Å². The third kappa shape index (κ3) is 4.78. The third-order valence-electron chi connectivity index (χ3n) is 3.26. The molecule has 0 aliphatic rings. The van der Waals surface area contributed by atoms with Crippen molar-refractivity contribution in [3.05, 3.63) is 65.2 Å². The number of carbonyl (C=O) groups is 2. The van der Waals surface area contributed by atoms with Crippen LogP contribution in [0.25, 0.3) is 0 Å². The minimum atomic E-state index is -4.58. The largest absolute Gasteiger partial charge is 0.449 e. The molecule has 2 aromatic carbocycles. The molecule has 0 spiro atoms. The zero-order chi connectivity index (χ0) is 19.5. The van der Waals surface area contributed by atoms with Gasteiger partial charge in [0.2, 0.25) is 0 Å². The van der Waals surface area contributed by atoms with Crippen LogP contribution in [0, 0.1) is 11.6 Å². The summed E-state index contributed by atoms with van der Waals surface area (Å²) < 4.78 is 69.0. The standard InChI is InChI=1S/C17H12F5NO3/c1-9(26-16(25)13-6-5-11(18)8-14(13)19)15(24)23-12-4-2-3-10(7-12)17(20,21)22/h2-9H,1H3,(H,23,24). The maximum absolute atomic E-state index is 13.5. The van der Waals surface area contributed by atoms with E-state index < -0.39 is 46.9 Å². The van der Waals surface area contributed by atoms with Gasteiger partial charge in [0, 0.05) is 11.8 Å². The molecule has 138 valence electrons. The number of anilines is 1. The van der Waals surface area contributed by atoms with E-state index in [0.717, 1.165) is 31.2 Å². The van der Waals surface area contributed by atoms with Crippen LogP contribution in [-0.4, -0.2) is 18.0 Å². The van der Waals surface area contributed by atoms with E-state index in [2.05, 4.69) is 5.32 Å². The van der Waals surface area contributed by atoms with Gasteiger partial charge in [-0.1, -0.05) is 6.07 Å². The van der Waals surface area contributed by atoms with Crippen LogP contribution >= 0.6 is 0 Å². The molecule has 0 bridgehead atoms. The lowest BCUT2D eigenvalue weighted by Gasteiger charge is -2.15. The summed E-state index contributed by atoms with van der Waals surface area (Å²) in [6, 6.07) is 6.04. The molecule has 1 amide bonds. The lowest BCUT2D eigenvalue weighted by atomic mass is 10.2. The summed E-state index contributed by atoms with van der Waals surface area (Å²) in [6.45, 7) is 1.16. The van der Waals surface area contributed by atoms with Crippen molar-refractivity contribution in [2.24, 2.45) is 0 Å². The second-order valence-corrected chi connectivity index (χ2v) is 5.24. The van der Waals surface area contributed by atoms with Gasteiger partial charge in [-0.05, 0) is 37.3 Å². The number of ether oxygens (including phenoxy) is 1. The van der Waals surface area contributed by atoms with Crippen LogP contribution in [0.4, 0.5) is 27.6 Å². The number of amides is 1. The molecule has 0 saturated heterocycles. The summed E-state index contributed by atoms with van der Waals surface area (Å²) in [7, 11) is 0. The van der Waals surface area contributed by atoms with E-state index in [9.17, 15) is 31.5 Å². The van der Waals surface area contributed by atoms with Gasteiger partial charge in [0.25, 0.3) is 5.91 Å². The van der Waals surface area contributed by atoms with E-state index in [1.165, 1.54) is 6.07 Å². The molecule has 0 fully saturated rings. The molecule has 0 radical (unpaired) electrons. The van der Waals surface area contributed by atoms with Gasteiger partial charge in [-0.15, -0.1) is 0 Å². The Morgan fingerprint density at radius 3 is 2.38 bits per heavy atom. The topological polar surface area (TPSA) is 55.4 Å². The maximum atomic E-state index is 13.5. The third-order valence-corrected chi connectivity index (χ3v) is 3.26. The summed E-state index contributed by atoms with van der Waals surface area (Å²) in [6.07, 6.45) is -6.01. The van der Waals surface area contributed by atoms with Crippen molar-refractivity contribution in [1.82, 2.24) is 0 Å². The Morgan fingerprint density at radius 2 is 1.77 bits per heavy atom. The smallest absolute Gasteiger partial charge is 0.416 e. The number of benzene rings is 2. The first kappa shape index (κ1) is 19.4. The molecule has 1 N–H and O–H groups in total. The fraction of sp³-hybridized carbons (Fsp3) is 0.176. The van der Waals surface area contributed by atoms with Crippen LogP contribution in [0.1, 0.15) is 22.8 Å². The first-order chi connectivity index (χ1) is 12.1. The second kappa shape index (κ2) is 7.51. The SMILES string of the molecule is CC(OC(=O)c1ccc(F)cc1F)C(=O)Nc1cccc(C(F)(F)F)c1. The highest BCUT2D eigenvalue weighted by Crippen LogP contribution is 2.30. The maximum Gasteiger partial charge on any atom is 0.416 e. The fourth-order valence-electron chi connectivity index (χ4n) is 1.95. The Balaban J connectivity index is 2.05. The van der Waals surface area contributed by atoms with Gasteiger partial charge in [0.15, 0.2) is 6.10 Å². The predicted molar refractivity (Wildman–Crippen MR) is 81.3 cm³/mol. The molecule has 0 saturated carbocycles. The van der Waals surface area contributed by atoms with E-state index in [0.29, 0.717) is 12.1 Å². The Bertz CT molecular complexity index is 835. The summed E-state index contributed by atoms with van der Waals surface area (Å²) in [5.74, 6) is -4.19. The first-order valence-corrected chi connectivity index (χ1v) is 7.22. The number of carbonyl (C=O) groups excluding carboxylic acids is 2. The monoisotopic (exact) mass is 373 g/mol. The molecule has 4 nitrogen and oxygen atoms in total. The van der Waals surface area contributed by atoms with Crippen LogP contribution in [0.2, 0.25) is 0 Å². The van der Waals surface area contributed by atoms with Crippen molar-refractivity contribution < 1.29 is 36.3 Å². The number of rotatable bonds is 4. The summed E-state index contributed by atoms with van der Waals surface area (Å²) >= 11 is 0. The molecule has 0 heterocycles. The number of alkyl halides is 3. The van der Waals surface area contributed by atoms with Crippen molar-refractivity contribution >= 4 is 17.6 Å². The molecule has 0 aliphatic carbocycles. The van der Waals surface area contributed by atoms with Crippen molar-refractivity contribution in [2.45, 2.75) is 19.2 Å². The fourth-order valence-corrected chi connectivity index (χ4v) is 1.95. The highest BCUT2D eigenvalue weighted by molar-refractivity contribution is 5.97. The molecular weight excluding hydrogens is 361 g/mol. The first-order valence-electron chi connectivity index (χ1n) is 7.22. The number of hydrogen-bond donors (Lipinski definition) is 1. The van der Waals surface area contributed by atoms with Crippen molar-refractivity contribution in [3.63, 3.8) is 0 Å². The zero-order valence-electron chi connectivity index (χ0n) is 13.2. The van der Waals surface area contributed by atoms with Crippen molar-refractivity contribution in [2.75, 3.05) is 5.32 Å². The average Bonchev–Trinajstić information content (AvgIpc) is 2.54. The minimum Gasteiger partial charge on any atom is -0.449 e. The van der Waals surface area contributed by atoms with Crippen LogP contribution in [0.15, 0.2) is 42.5 Å². The quantitative estimate of drug-likeness (QED) is 0.647. The number of esters is 1. The molecule has 0 aliphatic heterocycles. The molecule has 2 rings (SSSR count). The molecule has 2 aromatic rings. The summed E-state index contributed by atoms with van der Waals surface area (Å²) in [4.78, 5) is 23.8. The number of hydrogen-bond acceptors (Lipinski definition) is 3. The molecule has 0 aromatic heterocycles. The van der Waals surface area contributed by atoms with Crippen molar-refractivity contribution in [1.29, 1.82) is 0 Å². The Hall–Kier alpha value is -2.97.